The van der Waals surface area contributed by atoms with Crippen molar-refractivity contribution in [2.24, 2.45) is 0 Å². The second kappa shape index (κ2) is 5.01. The zero-order chi connectivity index (χ0) is 12.3. The molecule has 0 radical (unpaired) electrons. The van der Waals surface area contributed by atoms with Crippen LogP contribution in [0.3, 0.4) is 0 Å². The van der Waals surface area contributed by atoms with Crippen molar-refractivity contribution < 1.29 is 4.79 Å². The van der Waals surface area contributed by atoms with Crippen molar-refractivity contribution >= 4 is 17.3 Å². The third-order valence-electron chi connectivity index (χ3n) is 2.89. The normalized spacial score (nSPS) is 18.8. The number of hydrogen-bond donors (Lipinski definition) is 0. The Kier molecular flexibility index (Phi) is 3.93. The lowest BCUT2D eigenvalue weighted by molar-refractivity contribution is -0.119. The fourth-order valence-electron chi connectivity index (χ4n) is 1.82. The van der Waals surface area contributed by atoms with Crippen molar-refractivity contribution in [3.8, 4) is 0 Å². The lowest BCUT2D eigenvalue weighted by Crippen LogP contribution is -2.48. The molecule has 1 atom stereocenters. The molecule has 1 aliphatic heterocycles. The highest BCUT2D eigenvalue weighted by Crippen LogP contribution is 2.33. The summed E-state index contributed by atoms with van der Waals surface area (Å²) >= 11 is 0. The Labute approximate surface area is 97.7 Å². The van der Waals surface area contributed by atoms with Crippen molar-refractivity contribution in [3.63, 3.8) is 0 Å². The van der Waals surface area contributed by atoms with Crippen LogP contribution in [0, 0.1) is 0 Å². The lowest BCUT2D eigenvalue weighted by Gasteiger charge is -2.37. The van der Waals surface area contributed by atoms with Gasteiger partial charge in [0.2, 0.25) is 5.91 Å². The summed E-state index contributed by atoms with van der Waals surface area (Å²) in [5, 5.41) is 0. The van der Waals surface area contributed by atoms with E-state index in [4.69, 9.17) is 0 Å². The monoisotopic (exact) mass is 220 g/mol. The topological polar surface area (TPSA) is 23.6 Å². The Bertz CT molecular complexity index is 376. The maximum Gasteiger partial charge on any atom is 0.249 e. The van der Waals surface area contributed by atoms with Gasteiger partial charge in [0.05, 0.1) is 11.4 Å². The molecule has 3 nitrogen and oxygen atoms in total. The molecule has 1 heterocycles. The Balaban J connectivity index is 0.000000606. The van der Waals surface area contributed by atoms with Crippen molar-refractivity contribution in [2.45, 2.75) is 26.8 Å². The molecule has 0 bridgehead atoms. The lowest BCUT2D eigenvalue weighted by atomic mass is 10.1. The Hall–Kier alpha value is -1.51. The largest absolute Gasteiger partial charge is 0.361 e. The maximum absolute atomic E-state index is 11.8. The molecule has 0 N–H and O–H groups in total. The number of likely N-dealkylation sites (N-methyl/N-ethyl adjacent to an activating group) is 2. The minimum Gasteiger partial charge on any atom is -0.361 e. The van der Waals surface area contributed by atoms with Gasteiger partial charge < -0.3 is 9.80 Å². The van der Waals surface area contributed by atoms with Crippen molar-refractivity contribution in [1.29, 1.82) is 0 Å². The molecule has 0 saturated heterocycles. The van der Waals surface area contributed by atoms with Crippen LogP contribution in [0.25, 0.3) is 0 Å². The van der Waals surface area contributed by atoms with E-state index in [-0.39, 0.29) is 11.9 Å². The van der Waals surface area contributed by atoms with Crippen LogP contribution in [0.15, 0.2) is 24.3 Å². The van der Waals surface area contributed by atoms with E-state index in [9.17, 15) is 4.79 Å². The van der Waals surface area contributed by atoms with Crippen LogP contribution in [0.1, 0.15) is 20.8 Å². The van der Waals surface area contributed by atoms with Gasteiger partial charge in [-0.2, -0.15) is 0 Å². The molecular formula is C13H20N2O. The SMILES string of the molecule is CC.CC1C(=O)N(C)c2ccccc2N1C. The molecule has 16 heavy (non-hydrogen) atoms. The third-order valence-corrected chi connectivity index (χ3v) is 2.89. The summed E-state index contributed by atoms with van der Waals surface area (Å²) in [6, 6.07) is 7.87. The molecule has 3 heteroatoms. The van der Waals surface area contributed by atoms with Crippen molar-refractivity contribution in [1.82, 2.24) is 0 Å². The second-order valence-electron chi connectivity index (χ2n) is 3.67. The number of amides is 1. The third kappa shape index (κ3) is 1.90. The smallest absolute Gasteiger partial charge is 0.249 e. The molecular weight excluding hydrogens is 200 g/mol. The van der Waals surface area contributed by atoms with Crippen LogP contribution in [0.4, 0.5) is 11.4 Å². The number of rotatable bonds is 0. The van der Waals surface area contributed by atoms with Gasteiger partial charge >= 0.3 is 0 Å². The number of carbonyl (C=O) groups is 1. The average molecular weight is 220 g/mol. The second-order valence-corrected chi connectivity index (χ2v) is 3.67. The number of benzene rings is 1. The van der Waals surface area contributed by atoms with Gasteiger partial charge in [-0.3, -0.25) is 4.79 Å². The first-order valence-electron chi connectivity index (χ1n) is 5.72. The van der Waals surface area contributed by atoms with E-state index in [1.165, 1.54) is 0 Å². The van der Waals surface area contributed by atoms with E-state index in [2.05, 4.69) is 0 Å². The number of carbonyl (C=O) groups excluding carboxylic acids is 1. The Morgan fingerprint density at radius 1 is 1.06 bits per heavy atom. The maximum atomic E-state index is 11.8. The first-order chi connectivity index (χ1) is 7.63. The van der Waals surface area contributed by atoms with Gasteiger partial charge in [0.25, 0.3) is 0 Å². The number of anilines is 2. The Morgan fingerprint density at radius 3 is 2.12 bits per heavy atom. The first-order valence-corrected chi connectivity index (χ1v) is 5.72. The predicted octanol–water partition coefficient (Wildman–Crippen LogP) is 2.51. The van der Waals surface area contributed by atoms with E-state index < -0.39 is 0 Å². The van der Waals surface area contributed by atoms with E-state index >= 15 is 0 Å². The van der Waals surface area contributed by atoms with Crippen LogP contribution >= 0.6 is 0 Å². The van der Waals surface area contributed by atoms with Crippen molar-refractivity contribution in [2.75, 3.05) is 23.9 Å². The van der Waals surface area contributed by atoms with Gasteiger partial charge in [0.15, 0.2) is 0 Å². The summed E-state index contributed by atoms with van der Waals surface area (Å²) in [7, 11) is 3.78. The molecule has 0 aromatic heterocycles. The first kappa shape index (κ1) is 12.6. The van der Waals surface area contributed by atoms with Crippen LogP contribution in [0.5, 0.6) is 0 Å². The van der Waals surface area contributed by atoms with Crippen LogP contribution in [0.2, 0.25) is 0 Å². The highest BCUT2D eigenvalue weighted by Gasteiger charge is 2.30. The molecule has 0 fully saturated rings. The molecule has 0 saturated carbocycles. The van der Waals surface area contributed by atoms with Gasteiger partial charge in [-0.1, -0.05) is 26.0 Å². The fourth-order valence-corrected chi connectivity index (χ4v) is 1.82. The van der Waals surface area contributed by atoms with Crippen molar-refractivity contribution in [3.05, 3.63) is 24.3 Å². The summed E-state index contributed by atoms with van der Waals surface area (Å²) in [6.07, 6.45) is 0. The van der Waals surface area contributed by atoms with Gasteiger partial charge in [-0.15, -0.1) is 0 Å². The molecule has 0 spiro atoms. The molecule has 1 unspecified atom stereocenters. The molecule has 1 aromatic rings. The van der Waals surface area contributed by atoms with Gasteiger partial charge in [-0.05, 0) is 19.1 Å². The van der Waals surface area contributed by atoms with Crippen LogP contribution in [-0.2, 0) is 4.79 Å². The fraction of sp³-hybridized carbons (Fsp3) is 0.462. The minimum absolute atomic E-state index is 0.0742. The molecule has 88 valence electrons. The predicted molar refractivity (Wildman–Crippen MR) is 69.1 cm³/mol. The minimum atomic E-state index is -0.0742. The zero-order valence-electron chi connectivity index (χ0n) is 10.7. The van der Waals surface area contributed by atoms with E-state index in [0.29, 0.717) is 0 Å². The summed E-state index contributed by atoms with van der Waals surface area (Å²) in [6.45, 7) is 5.93. The van der Waals surface area contributed by atoms with Gasteiger partial charge in [-0.25, -0.2) is 0 Å². The van der Waals surface area contributed by atoms with E-state index in [0.717, 1.165) is 11.4 Å². The summed E-state index contributed by atoms with van der Waals surface area (Å²) in [5.74, 6) is 0.145. The number of para-hydroxylation sites is 2. The van der Waals surface area contributed by atoms with E-state index in [1.807, 2.05) is 64.0 Å². The highest BCUT2D eigenvalue weighted by molar-refractivity contribution is 6.04. The zero-order valence-corrected chi connectivity index (χ0v) is 10.7. The van der Waals surface area contributed by atoms with E-state index in [1.54, 1.807) is 4.90 Å². The molecule has 1 amide bonds. The summed E-state index contributed by atoms with van der Waals surface area (Å²) in [4.78, 5) is 15.5. The van der Waals surface area contributed by atoms with Gasteiger partial charge in [0, 0.05) is 14.1 Å². The number of hydrogen-bond acceptors (Lipinski definition) is 2. The highest BCUT2D eigenvalue weighted by atomic mass is 16.2. The summed E-state index contributed by atoms with van der Waals surface area (Å²) < 4.78 is 0. The van der Waals surface area contributed by atoms with Crippen LogP contribution < -0.4 is 9.80 Å². The van der Waals surface area contributed by atoms with Crippen LogP contribution in [-0.4, -0.2) is 26.0 Å². The standard InChI is InChI=1S/C11H14N2O.C2H6/c1-8-11(14)13(3)10-7-5-4-6-9(10)12(8)2;1-2/h4-8H,1-3H3;1-2H3. The van der Waals surface area contributed by atoms with Gasteiger partial charge in [0.1, 0.15) is 6.04 Å². The molecule has 0 aliphatic carbocycles. The summed E-state index contributed by atoms with van der Waals surface area (Å²) in [5.41, 5.74) is 2.10. The number of fused-ring (bicyclic) bond motifs is 1. The quantitative estimate of drug-likeness (QED) is 0.670. The molecule has 1 aromatic carbocycles. The number of nitrogens with zero attached hydrogens (tertiary/aromatic N) is 2. The average Bonchev–Trinajstić information content (AvgIpc) is 2.36. The molecule has 2 rings (SSSR count). The molecule has 1 aliphatic rings. The Morgan fingerprint density at radius 2 is 1.56 bits per heavy atom.